The van der Waals surface area contributed by atoms with E-state index >= 15 is 0 Å². The van der Waals surface area contributed by atoms with Gasteiger partial charge in [-0.25, -0.2) is 9.07 Å². The largest absolute Gasteiger partial charge is 0.497 e. The third kappa shape index (κ3) is 4.56. The summed E-state index contributed by atoms with van der Waals surface area (Å²) in [4.78, 5) is 1.86. The summed E-state index contributed by atoms with van der Waals surface area (Å²) in [6.45, 7) is 0.413. The van der Waals surface area contributed by atoms with Gasteiger partial charge in [0.05, 0.1) is 25.5 Å². The normalized spacial score (nSPS) is 12.4. The molecule has 1 aromatic heterocycles. The molecular formula is C21H24FN3O3. The van der Waals surface area contributed by atoms with Gasteiger partial charge in [-0.05, 0) is 31.3 Å². The minimum Gasteiger partial charge on any atom is -0.497 e. The van der Waals surface area contributed by atoms with Crippen LogP contribution in [0.1, 0.15) is 5.56 Å². The number of aliphatic hydroxyl groups is 2. The van der Waals surface area contributed by atoms with Crippen molar-refractivity contribution < 1.29 is 19.3 Å². The van der Waals surface area contributed by atoms with Gasteiger partial charge in [0.25, 0.3) is 0 Å². The molecule has 0 fully saturated rings. The molecule has 0 bridgehead atoms. The summed E-state index contributed by atoms with van der Waals surface area (Å²) >= 11 is 0. The average molecular weight is 385 g/mol. The van der Waals surface area contributed by atoms with Crippen LogP contribution in [0, 0.1) is 5.82 Å². The summed E-state index contributed by atoms with van der Waals surface area (Å²) in [5.74, 6) is 0.0189. The van der Waals surface area contributed by atoms with Crippen molar-refractivity contribution in [2.45, 2.75) is 12.6 Å². The second-order valence-corrected chi connectivity index (χ2v) is 6.66. The molecule has 0 aliphatic rings. The van der Waals surface area contributed by atoms with Crippen LogP contribution < -0.4 is 4.74 Å². The van der Waals surface area contributed by atoms with Gasteiger partial charge in [0.1, 0.15) is 17.3 Å². The van der Waals surface area contributed by atoms with Gasteiger partial charge in [0, 0.05) is 36.5 Å². The van der Waals surface area contributed by atoms with E-state index in [9.17, 15) is 9.50 Å². The lowest BCUT2D eigenvalue weighted by atomic mass is 10.1. The van der Waals surface area contributed by atoms with Gasteiger partial charge in [-0.1, -0.05) is 18.2 Å². The molecule has 0 saturated carbocycles. The minimum absolute atomic E-state index is 0.289. The number of aliphatic hydroxyl groups excluding tert-OH is 2. The molecule has 1 atom stereocenters. The molecule has 1 unspecified atom stereocenters. The van der Waals surface area contributed by atoms with E-state index in [1.165, 1.54) is 13.2 Å². The number of nitrogens with zero attached hydrogens (tertiary/aromatic N) is 3. The first-order valence-electron chi connectivity index (χ1n) is 8.97. The average Bonchev–Trinajstić information content (AvgIpc) is 3.11. The fourth-order valence-corrected chi connectivity index (χ4v) is 3.05. The molecule has 2 aromatic carbocycles. The number of rotatable bonds is 8. The Bertz CT molecular complexity index is 915. The molecule has 0 aliphatic heterocycles. The summed E-state index contributed by atoms with van der Waals surface area (Å²) in [7, 11) is 3.32. The lowest BCUT2D eigenvalue weighted by Crippen LogP contribution is -2.31. The fraction of sp³-hybridized carbons (Fsp3) is 0.286. The molecule has 0 radical (unpaired) electrons. The van der Waals surface area contributed by atoms with Crippen molar-refractivity contribution in [1.29, 1.82) is 0 Å². The molecule has 0 saturated heterocycles. The topological polar surface area (TPSA) is 70.8 Å². The Morgan fingerprint density at radius 3 is 2.61 bits per heavy atom. The fourth-order valence-electron chi connectivity index (χ4n) is 3.05. The number of halogens is 1. The van der Waals surface area contributed by atoms with E-state index in [0.29, 0.717) is 23.6 Å². The van der Waals surface area contributed by atoms with E-state index in [0.717, 1.165) is 11.3 Å². The van der Waals surface area contributed by atoms with Crippen LogP contribution >= 0.6 is 0 Å². The van der Waals surface area contributed by atoms with E-state index < -0.39 is 11.9 Å². The SMILES string of the molecule is COc1ccc(-c2nn(-c3ccccc3)cc2CN(C)CC(O)CO)c(F)c1. The quantitative estimate of drug-likeness (QED) is 0.623. The Morgan fingerprint density at radius 2 is 1.96 bits per heavy atom. The Hall–Kier alpha value is -2.74. The maximum Gasteiger partial charge on any atom is 0.136 e. The number of para-hydroxylation sites is 1. The molecule has 28 heavy (non-hydrogen) atoms. The van der Waals surface area contributed by atoms with Crippen molar-refractivity contribution in [3.05, 3.63) is 66.1 Å². The Balaban J connectivity index is 2.00. The highest BCUT2D eigenvalue weighted by atomic mass is 19.1. The summed E-state index contributed by atoms with van der Waals surface area (Å²) in [6.07, 6.45) is 1.02. The van der Waals surface area contributed by atoms with Crippen molar-refractivity contribution in [2.24, 2.45) is 0 Å². The maximum absolute atomic E-state index is 14.7. The lowest BCUT2D eigenvalue weighted by Gasteiger charge is -2.19. The van der Waals surface area contributed by atoms with Crippen LogP contribution in [0.4, 0.5) is 4.39 Å². The molecule has 1 heterocycles. The van der Waals surface area contributed by atoms with Crippen molar-refractivity contribution in [3.63, 3.8) is 0 Å². The van der Waals surface area contributed by atoms with Crippen molar-refractivity contribution in [2.75, 3.05) is 27.3 Å². The van der Waals surface area contributed by atoms with E-state index in [4.69, 9.17) is 9.84 Å². The Morgan fingerprint density at radius 1 is 1.21 bits per heavy atom. The van der Waals surface area contributed by atoms with Crippen molar-refractivity contribution >= 4 is 0 Å². The summed E-state index contributed by atoms with van der Waals surface area (Å²) in [5, 5.41) is 23.4. The van der Waals surface area contributed by atoms with Crippen LogP contribution in [0.5, 0.6) is 5.75 Å². The lowest BCUT2D eigenvalue weighted by molar-refractivity contribution is 0.0648. The highest BCUT2D eigenvalue weighted by Crippen LogP contribution is 2.29. The van der Waals surface area contributed by atoms with Gasteiger partial charge in [0.15, 0.2) is 0 Å². The first-order chi connectivity index (χ1) is 13.5. The third-order valence-corrected chi connectivity index (χ3v) is 4.42. The highest BCUT2D eigenvalue weighted by molar-refractivity contribution is 5.65. The van der Waals surface area contributed by atoms with E-state index in [1.807, 2.05) is 48.5 Å². The van der Waals surface area contributed by atoms with E-state index in [-0.39, 0.29) is 13.2 Å². The summed E-state index contributed by atoms with van der Waals surface area (Å²) in [5.41, 5.74) is 2.57. The molecule has 7 heteroatoms. The molecule has 0 spiro atoms. The molecule has 0 aliphatic carbocycles. The minimum atomic E-state index is -0.838. The van der Waals surface area contributed by atoms with Gasteiger partial charge in [-0.15, -0.1) is 0 Å². The number of likely N-dealkylation sites (N-methyl/N-ethyl adjacent to an activating group) is 1. The van der Waals surface area contributed by atoms with Gasteiger partial charge in [-0.3, -0.25) is 4.90 Å². The number of hydrogen-bond donors (Lipinski definition) is 2. The number of benzene rings is 2. The molecule has 3 rings (SSSR count). The summed E-state index contributed by atoms with van der Waals surface area (Å²) < 4.78 is 21.5. The molecular weight excluding hydrogens is 361 g/mol. The number of hydrogen-bond acceptors (Lipinski definition) is 5. The molecule has 148 valence electrons. The van der Waals surface area contributed by atoms with Gasteiger partial charge in [-0.2, -0.15) is 5.10 Å². The third-order valence-electron chi connectivity index (χ3n) is 4.42. The van der Waals surface area contributed by atoms with Crippen LogP contribution in [0.2, 0.25) is 0 Å². The maximum atomic E-state index is 14.7. The summed E-state index contributed by atoms with van der Waals surface area (Å²) in [6, 6.07) is 14.3. The predicted molar refractivity (Wildman–Crippen MR) is 105 cm³/mol. The smallest absolute Gasteiger partial charge is 0.136 e. The Labute approximate surface area is 163 Å². The van der Waals surface area contributed by atoms with Gasteiger partial charge in [0.2, 0.25) is 0 Å². The van der Waals surface area contributed by atoms with Crippen molar-refractivity contribution in [1.82, 2.24) is 14.7 Å². The number of ether oxygens (including phenoxy) is 1. The van der Waals surface area contributed by atoms with Gasteiger partial charge >= 0.3 is 0 Å². The zero-order chi connectivity index (χ0) is 20.1. The second-order valence-electron chi connectivity index (χ2n) is 6.66. The molecule has 0 amide bonds. The number of aromatic nitrogens is 2. The standard InChI is InChI=1S/C21H24FN3O3/c1-24(13-17(27)14-26)11-15-12-25(16-6-4-3-5-7-16)23-21(15)19-9-8-18(28-2)10-20(19)22/h3-10,12,17,26-27H,11,13-14H2,1-2H3. The van der Waals surface area contributed by atoms with Gasteiger partial charge < -0.3 is 14.9 Å². The molecule has 6 nitrogen and oxygen atoms in total. The number of methoxy groups -OCH3 is 1. The first-order valence-corrected chi connectivity index (χ1v) is 8.97. The predicted octanol–water partition coefficient (Wildman–Crippen LogP) is 2.47. The Kier molecular flexibility index (Phi) is 6.41. The van der Waals surface area contributed by atoms with E-state index in [2.05, 4.69) is 5.10 Å². The van der Waals surface area contributed by atoms with Crippen LogP contribution in [-0.2, 0) is 6.54 Å². The van der Waals surface area contributed by atoms with Crippen molar-refractivity contribution in [3.8, 4) is 22.7 Å². The van der Waals surface area contributed by atoms with Crippen LogP contribution in [0.3, 0.4) is 0 Å². The highest BCUT2D eigenvalue weighted by Gasteiger charge is 2.18. The molecule has 2 N–H and O–H groups in total. The van der Waals surface area contributed by atoms with Crippen LogP contribution in [0.25, 0.3) is 16.9 Å². The van der Waals surface area contributed by atoms with Crippen LogP contribution in [-0.4, -0.2) is 58.3 Å². The molecule has 3 aromatic rings. The zero-order valence-corrected chi connectivity index (χ0v) is 15.9. The van der Waals surface area contributed by atoms with E-state index in [1.54, 1.807) is 16.8 Å². The second kappa shape index (κ2) is 8.97. The zero-order valence-electron chi connectivity index (χ0n) is 15.9. The van der Waals surface area contributed by atoms with Crippen LogP contribution in [0.15, 0.2) is 54.7 Å². The first kappa shape index (κ1) is 20.0. The monoisotopic (exact) mass is 385 g/mol.